The van der Waals surface area contributed by atoms with E-state index in [1.54, 1.807) is 5.57 Å². The second kappa shape index (κ2) is 11.8. The van der Waals surface area contributed by atoms with Crippen LogP contribution in [0.25, 0.3) is 0 Å². The third kappa shape index (κ3) is 11.7. The quantitative estimate of drug-likeness (QED) is 0.312. The van der Waals surface area contributed by atoms with Crippen LogP contribution in [0.1, 0.15) is 85.0 Å². The molecule has 0 saturated heterocycles. The van der Waals surface area contributed by atoms with Gasteiger partial charge in [-0.3, -0.25) is 0 Å². The Morgan fingerprint density at radius 2 is 1.40 bits per heavy atom. The van der Waals surface area contributed by atoms with E-state index in [0.29, 0.717) is 0 Å². The fraction of sp³-hybridized carbons (Fsp3) is 0.867. The van der Waals surface area contributed by atoms with Crippen LogP contribution in [0.2, 0.25) is 0 Å². The van der Waals surface area contributed by atoms with E-state index in [0.717, 1.165) is 0 Å². The molecule has 0 aliphatic carbocycles. The molecule has 0 N–H and O–H groups in total. The van der Waals surface area contributed by atoms with E-state index in [9.17, 15) is 0 Å². The standard InChI is InChI=1S/C15H30/c1-4-6-8-9-10-12-14-15(3)13-11-7-5-2/h13H,4-12,14H2,1-3H3. The van der Waals surface area contributed by atoms with Crippen LogP contribution in [0.15, 0.2) is 11.6 Å². The zero-order chi connectivity index (χ0) is 11.4. The highest BCUT2D eigenvalue weighted by Gasteiger charge is 1.92. The number of hydrogen-bond acceptors (Lipinski definition) is 0. The van der Waals surface area contributed by atoms with Gasteiger partial charge in [0, 0.05) is 0 Å². The van der Waals surface area contributed by atoms with E-state index < -0.39 is 0 Å². The molecule has 0 spiro atoms. The van der Waals surface area contributed by atoms with Gasteiger partial charge in [-0.05, 0) is 26.2 Å². The van der Waals surface area contributed by atoms with Crippen molar-refractivity contribution in [2.75, 3.05) is 0 Å². The summed E-state index contributed by atoms with van der Waals surface area (Å²) in [6.07, 6.45) is 16.2. The number of unbranched alkanes of at least 4 members (excludes halogenated alkanes) is 7. The Hall–Kier alpha value is -0.260. The van der Waals surface area contributed by atoms with Crippen LogP contribution < -0.4 is 0 Å². The monoisotopic (exact) mass is 210 g/mol. The first kappa shape index (κ1) is 14.7. The van der Waals surface area contributed by atoms with Crippen molar-refractivity contribution in [2.45, 2.75) is 85.0 Å². The summed E-state index contributed by atoms with van der Waals surface area (Å²) in [6.45, 7) is 6.83. The van der Waals surface area contributed by atoms with Gasteiger partial charge in [0.15, 0.2) is 0 Å². The minimum Gasteiger partial charge on any atom is -0.0856 e. The van der Waals surface area contributed by atoms with Crippen molar-refractivity contribution in [1.82, 2.24) is 0 Å². The van der Waals surface area contributed by atoms with Crippen molar-refractivity contribution in [1.29, 1.82) is 0 Å². The zero-order valence-electron chi connectivity index (χ0n) is 11.1. The maximum Gasteiger partial charge on any atom is -0.0323 e. The summed E-state index contributed by atoms with van der Waals surface area (Å²) in [5.41, 5.74) is 1.61. The second-order valence-corrected chi connectivity index (χ2v) is 4.71. The Labute approximate surface area is 97.2 Å². The highest BCUT2D eigenvalue weighted by atomic mass is 14.0. The molecule has 90 valence electrons. The lowest BCUT2D eigenvalue weighted by atomic mass is 10.0. The minimum atomic E-state index is 1.29. The molecule has 0 aliphatic heterocycles. The molecule has 0 unspecified atom stereocenters. The van der Waals surface area contributed by atoms with Gasteiger partial charge in [-0.1, -0.05) is 70.4 Å². The van der Waals surface area contributed by atoms with Crippen LogP contribution in [0.4, 0.5) is 0 Å². The summed E-state index contributed by atoms with van der Waals surface area (Å²) in [7, 11) is 0. The van der Waals surface area contributed by atoms with Crippen LogP contribution in [0.3, 0.4) is 0 Å². The van der Waals surface area contributed by atoms with Crippen LogP contribution in [-0.2, 0) is 0 Å². The summed E-state index contributed by atoms with van der Waals surface area (Å²) >= 11 is 0. The predicted molar refractivity (Wildman–Crippen MR) is 71.3 cm³/mol. The van der Waals surface area contributed by atoms with Crippen molar-refractivity contribution >= 4 is 0 Å². The van der Waals surface area contributed by atoms with Gasteiger partial charge >= 0.3 is 0 Å². The lowest BCUT2D eigenvalue weighted by Gasteiger charge is -2.02. The molecule has 0 atom stereocenters. The Bertz CT molecular complexity index is 144. The summed E-state index contributed by atoms with van der Waals surface area (Å²) in [6, 6.07) is 0. The summed E-state index contributed by atoms with van der Waals surface area (Å²) in [5.74, 6) is 0. The smallest absolute Gasteiger partial charge is 0.0323 e. The molecule has 0 nitrogen and oxygen atoms in total. The first-order chi connectivity index (χ1) is 7.31. The topological polar surface area (TPSA) is 0 Å². The van der Waals surface area contributed by atoms with Gasteiger partial charge in [-0.15, -0.1) is 0 Å². The van der Waals surface area contributed by atoms with Gasteiger partial charge in [0.1, 0.15) is 0 Å². The van der Waals surface area contributed by atoms with E-state index in [1.165, 1.54) is 64.2 Å². The molecule has 0 bridgehead atoms. The minimum absolute atomic E-state index is 1.29. The number of rotatable bonds is 10. The molecule has 0 amide bonds. The lowest BCUT2D eigenvalue weighted by molar-refractivity contribution is 0.605. The molecule has 0 aliphatic rings. The van der Waals surface area contributed by atoms with Gasteiger partial charge in [0.2, 0.25) is 0 Å². The third-order valence-electron chi connectivity index (χ3n) is 2.98. The van der Waals surface area contributed by atoms with Crippen molar-refractivity contribution in [3.05, 3.63) is 11.6 Å². The molecule has 0 fully saturated rings. The van der Waals surface area contributed by atoms with Gasteiger partial charge in [0.05, 0.1) is 0 Å². The molecule has 0 aromatic carbocycles. The Kier molecular flexibility index (Phi) is 11.6. The van der Waals surface area contributed by atoms with Crippen LogP contribution in [0.5, 0.6) is 0 Å². The van der Waals surface area contributed by atoms with Crippen molar-refractivity contribution < 1.29 is 0 Å². The van der Waals surface area contributed by atoms with Crippen molar-refractivity contribution in [3.8, 4) is 0 Å². The fourth-order valence-electron chi connectivity index (χ4n) is 1.84. The summed E-state index contributed by atoms with van der Waals surface area (Å²) in [5, 5.41) is 0. The second-order valence-electron chi connectivity index (χ2n) is 4.71. The summed E-state index contributed by atoms with van der Waals surface area (Å²) in [4.78, 5) is 0. The molecule has 0 aromatic rings. The summed E-state index contributed by atoms with van der Waals surface area (Å²) < 4.78 is 0. The molecular formula is C15H30. The average Bonchev–Trinajstić information content (AvgIpc) is 2.23. The maximum absolute atomic E-state index is 2.44. The van der Waals surface area contributed by atoms with Gasteiger partial charge in [-0.25, -0.2) is 0 Å². The average molecular weight is 210 g/mol. The van der Waals surface area contributed by atoms with Crippen molar-refractivity contribution in [3.63, 3.8) is 0 Å². The molecule has 15 heavy (non-hydrogen) atoms. The molecule has 0 rings (SSSR count). The normalized spacial score (nSPS) is 12.1. The first-order valence-corrected chi connectivity index (χ1v) is 6.96. The molecule has 0 heteroatoms. The Morgan fingerprint density at radius 1 is 0.800 bits per heavy atom. The molecular weight excluding hydrogens is 180 g/mol. The maximum atomic E-state index is 2.44. The van der Waals surface area contributed by atoms with E-state index in [1.807, 2.05) is 0 Å². The number of allylic oxidation sites excluding steroid dienone is 2. The molecule has 0 radical (unpaired) electrons. The first-order valence-electron chi connectivity index (χ1n) is 6.96. The van der Waals surface area contributed by atoms with Crippen LogP contribution >= 0.6 is 0 Å². The van der Waals surface area contributed by atoms with E-state index in [2.05, 4.69) is 26.8 Å². The molecule has 0 heterocycles. The van der Waals surface area contributed by atoms with E-state index >= 15 is 0 Å². The van der Waals surface area contributed by atoms with Gasteiger partial charge in [0.25, 0.3) is 0 Å². The SMILES string of the molecule is CCCCC=C(C)CCCCCCCC. The third-order valence-corrected chi connectivity index (χ3v) is 2.98. The fourth-order valence-corrected chi connectivity index (χ4v) is 1.84. The van der Waals surface area contributed by atoms with Gasteiger partial charge in [-0.2, -0.15) is 0 Å². The lowest BCUT2D eigenvalue weighted by Crippen LogP contribution is -1.82. The zero-order valence-corrected chi connectivity index (χ0v) is 11.1. The molecule has 0 saturated carbocycles. The highest BCUT2D eigenvalue weighted by molar-refractivity contribution is 4.97. The Balaban J connectivity index is 3.22. The van der Waals surface area contributed by atoms with Crippen molar-refractivity contribution in [2.24, 2.45) is 0 Å². The van der Waals surface area contributed by atoms with Gasteiger partial charge < -0.3 is 0 Å². The highest BCUT2D eigenvalue weighted by Crippen LogP contribution is 2.12. The molecule has 0 aromatic heterocycles. The predicted octanol–water partition coefficient (Wildman–Crippen LogP) is 5.87. The van der Waals surface area contributed by atoms with E-state index in [4.69, 9.17) is 0 Å². The number of hydrogen-bond donors (Lipinski definition) is 0. The van der Waals surface area contributed by atoms with Crippen LogP contribution in [0, 0.1) is 0 Å². The largest absolute Gasteiger partial charge is 0.0856 e. The van der Waals surface area contributed by atoms with E-state index in [-0.39, 0.29) is 0 Å². The van der Waals surface area contributed by atoms with Crippen LogP contribution in [-0.4, -0.2) is 0 Å². The Morgan fingerprint density at radius 3 is 2.07 bits per heavy atom.